The first-order valence-corrected chi connectivity index (χ1v) is 10.2. The van der Waals surface area contributed by atoms with E-state index >= 15 is 0 Å². The maximum Gasteiger partial charge on any atom is 0.317 e. The lowest BCUT2D eigenvalue weighted by atomic mass is 10.0. The van der Waals surface area contributed by atoms with E-state index in [0.29, 0.717) is 6.54 Å². The van der Waals surface area contributed by atoms with Gasteiger partial charge >= 0.3 is 6.03 Å². The van der Waals surface area contributed by atoms with Gasteiger partial charge in [-0.3, -0.25) is 0 Å². The topological polar surface area (TPSA) is 63.7 Å². The number of nitrogens with zero attached hydrogens (tertiary/aromatic N) is 2. The van der Waals surface area contributed by atoms with E-state index < -0.39 is 0 Å². The molecule has 0 bridgehead atoms. The van der Waals surface area contributed by atoms with Crippen LogP contribution in [0.2, 0.25) is 0 Å². The predicted molar refractivity (Wildman–Crippen MR) is 107 cm³/mol. The van der Waals surface area contributed by atoms with Crippen molar-refractivity contribution in [2.45, 2.75) is 38.6 Å². The molecule has 2 heterocycles. The lowest BCUT2D eigenvalue weighted by molar-refractivity contribution is 0.192. The molecule has 1 aromatic carbocycles. The maximum atomic E-state index is 12.7. The molecule has 0 unspecified atom stereocenters. The number of ether oxygens (including phenoxy) is 2. The molecule has 1 saturated heterocycles. The van der Waals surface area contributed by atoms with E-state index in [9.17, 15) is 4.79 Å². The Bertz CT molecular complexity index is 778. The van der Waals surface area contributed by atoms with Crippen molar-refractivity contribution < 1.29 is 14.3 Å². The van der Waals surface area contributed by atoms with Crippen molar-refractivity contribution in [2.24, 2.45) is 0 Å². The first kappa shape index (κ1) is 19.5. The Balaban J connectivity index is 1.58. The molecular weight excluding hydrogens is 362 g/mol. The number of urea groups is 1. The van der Waals surface area contributed by atoms with Crippen molar-refractivity contribution in [3.8, 4) is 11.5 Å². The highest BCUT2D eigenvalue weighted by atomic mass is 32.1. The minimum atomic E-state index is -0.00862. The van der Waals surface area contributed by atoms with Crippen LogP contribution in [0.4, 0.5) is 4.79 Å². The average Bonchev–Trinajstić information content (AvgIpc) is 3.33. The van der Waals surface area contributed by atoms with Crippen molar-refractivity contribution in [1.29, 1.82) is 0 Å². The fraction of sp³-hybridized carbons (Fsp3) is 0.500. The number of rotatable bonds is 7. The van der Waals surface area contributed by atoms with E-state index in [0.717, 1.165) is 60.0 Å². The molecule has 0 spiro atoms. The number of carbonyl (C=O) groups is 1. The second-order valence-electron chi connectivity index (χ2n) is 6.68. The number of carbonyl (C=O) groups excluding carboxylic acids is 1. The molecule has 6 nitrogen and oxygen atoms in total. The standard InChI is InChI=1S/C20H27N3O3S/c1-14-13-27-19(22-14)7-4-10-21-20(24)23-11-5-6-17(23)16-9-8-15(25-2)12-18(16)26-3/h8-9,12-13,17H,4-7,10-11H2,1-3H3,(H,21,24)/t17-/m0/s1. The third kappa shape index (κ3) is 4.71. The summed E-state index contributed by atoms with van der Waals surface area (Å²) in [7, 11) is 3.29. The van der Waals surface area contributed by atoms with Crippen LogP contribution in [0.3, 0.4) is 0 Å². The Morgan fingerprint density at radius 2 is 2.22 bits per heavy atom. The summed E-state index contributed by atoms with van der Waals surface area (Å²) < 4.78 is 10.8. The minimum absolute atomic E-state index is 0.00862. The van der Waals surface area contributed by atoms with E-state index in [1.165, 1.54) is 0 Å². The Kier molecular flexibility index (Phi) is 6.55. The van der Waals surface area contributed by atoms with Crippen molar-refractivity contribution in [3.63, 3.8) is 0 Å². The number of amides is 2. The number of aromatic nitrogens is 1. The molecule has 2 aromatic rings. The highest BCUT2D eigenvalue weighted by Crippen LogP contribution is 2.38. The van der Waals surface area contributed by atoms with Gasteiger partial charge in [0, 0.05) is 42.2 Å². The lowest BCUT2D eigenvalue weighted by Gasteiger charge is -2.26. The summed E-state index contributed by atoms with van der Waals surface area (Å²) in [6.07, 6.45) is 3.72. The second kappa shape index (κ2) is 9.08. The number of methoxy groups -OCH3 is 2. The van der Waals surface area contributed by atoms with Crippen LogP contribution in [0.25, 0.3) is 0 Å². The van der Waals surface area contributed by atoms with Gasteiger partial charge in [-0.25, -0.2) is 9.78 Å². The van der Waals surface area contributed by atoms with Gasteiger partial charge in [0.25, 0.3) is 0 Å². The molecule has 1 aliphatic heterocycles. The van der Waals surface area contributed by atoms with Crippen molar-refractivity contribution >= 4 is 17.4 Å². The van der Waals surface area contributed by atoms with E-state index in [1.807, 2.05) is 30.0 Å². The molecule has 27 heavy (non-hydrogen) atoms. The largest absolute Gasteiger partial charge is 0.497 e. The van der Waals surface area contributed by atoms with Gasteiger partial charge in [0.05, 0.1) is 25.3 Å². The monoisotopic (exact) mass is 389 g/mol. The zero-order valence-corrected chi connectivity index (χ0v) is 17.0. The zero-order valence-electron chi connectivity index (χ0n) is 16.2. The summed E-state index contributed by atoms with van der Waals surface area (Å²) in [5.41, 5.74) is 2.09. The highest BCUT2D eigenvalue weighted by Gasteiger charge is 2.31. The summed E-state index contributed by atoms with van der Waals surface area (Å²) in [4.78, 5) is 19.1. The van der Waals surface area contributed by atoms with Gasteiger partial charge in [0.1, 0.15) is 11.5 Å². The van der Waals surface area contributed by atoms with Crippen LogP contribution in [0.1, 0.15) is 41.6 Å². The number of likely N-dealkylation sites (tertiary alicyclic amines) is 1. The molecule has 1 N–H and O–H groups in total. The highest BCUT2D eigenvalue weighted by molar-refractivity contribution is 7.09. The van der Waals surface area contributed by atoms with Gasteiger partial charge in [0.15, 0.2) is 0 Å². The normalized spacial score (nSPS) is 16.4. The van der Waals surface area contributed by atoms with Gasteiger partial charge in [-0.2, -0.15) is 0 Å². The van der Waals surface area contributed by atoms with Crippen LogP contribution >= 0.6 is 11.3 Å². The fourth-order valence-corrected chi connectivity index (χ4v) is 4.30. The van der Waals surface area contributed by atoms with Gasteiger partial charge in [0.2, 0.25) is 0 Å². The first-order valence-electron chi connectivity index (χ1n) is 9.29. The number of hydrogen-bond donors (Lipinski definition) is 1. The van der Waals surface area contributed by atoms with E-state index in [-0.39, 0.29) is 12.1 Å². The molecule has 0 radical (unpaired) electrons. The fourth-order valence-electron chi connectivity index (χ4n) is 3.48. The van der Waals surface area contributed by atoms with E-state index in [1.54, 1.807) is 25.6 Å². The summed E-state index contributed by atoms with van der Waals surface area (Å²) in [5.74, 6) is 1.51. The van der Waals surface area contributed by atoms with Gasteiger partial charge in [-0.1, -0.05) is 0 Å². The summed E-state index contributed by atoms with van der Waals surface area (Å²) in [6.45, 7) is 3.42. The minimum Gasteiger partial charge on any atom is -0.497 e. The number of thiazole rings is 1. The molecular formula is C20H27N3O3S. The first-order chi connectivity index (χ1) is 13.1. The number of benzene rings is 1. The Morgan fingerprint density at radius 1 is 1.37 bits per heavy atom. The second-order valence-corrected chi connectivity index (χ2v) is 7.62. The van der Waals surface area contributed by atoms with E-state index in [2.05, 4.69) is 15.7 Å². The van der Waals surface area contributed by atoms with Crippen LogP contribution < -0.4 is 14.8 Å². The molecule has 7 heteroatoms. The number of nitrogens with one attached hydrogen (secondary N) is 1. The van der Waals surface area contributed by atoms with Crippen LogP contribution in [-0.4, -0.2) is 43.2 Å². The van der Waals surface area contributed by atoms with Crippen molar-refractivity contribution in [1.82, 2.24) is 15.2 Å². The maximum absolute atomic E-state index is 12.7. The molecule has 1 aromatic heterocycles. The van der Waals surface area contributed by atoms with E-state index in [4.69, 9.17) is 9.47 Å². The van der Waals surface area contributed by atoms with Crippen LogP contribution in [-0.2, 0) is 6.42 Å². The molecule has 0 saturated carbocycles. The molecule has 1 atom stereocenters. The Labute approximate surface area is 164 Å². The molecule has 1 fully saturated rings. The molecule has 3 rings (SSSR count). The van der Waals surface area contributed by atoms with Crippen molar-refractivity contribution in [2.75, 3.05) is 27.3 Å². The van der Waals surface area contributed by atoms with Gasteiger partial charge in [-0.15, -0.1) is 11.3 Å². The third-order valence-electron chi connectivity index (χ3n) is 4.82. The SMILES string of the molecule is COc1ccc([C@@H]2CCCN2C(=O)NCCCc2nc(C)cs2)c(OC)c1. The average molecular weight is 390 g/mol. The van der Waals surface area contributed by atoms with Crippen LogP contribution in [0.15, 0.2) is 23.6 Å². The zero-order chi connectivity index (χ0) is 19.2. The van der Waals surface area contributed by atoms with Crippen LogP contribution in [0, 0.1) is 6.92 Å². The number of aryl methyl sites for hydroxylation is 2. The third-order valence-corrected chi connectivity index (χ3v) is 5.85. The van der Waals surface area contributed by atoms with Crippen molar-refractivity contribution in [3.05, 3.63) is 39.8 Å². The molecule has 146 valence electrons. The molecule has 2 amide bonds. The van der Waals surface area contributed by atoms with Gasteiger partial charge in [-0.05, 0) is 38.3 Å². The molecule has 0 aliphatic carbocycles. The summed E-state index contributed by atoms with van der Waals surface area (Å²) >= 11 is 1.68. The summed E-state index contributed by atoms with van der Waals surface area (Å²) in [6, 6.07) is 5.82. The summed E-state index contributed by atoms with van der Waals surface area (Å²) in [5, 5.41) is 6.25. The predicted octanol–water partition coefficient (Wildman–Crippen LogP) is 3.95. The smallest absolute Gasteiger partial charge is 0.317 e. The lowest BCUT2D eigenvalue weighted by Crippen LogP contribution is -2.40. The van der Waals surface area contributed by atoms with Crippen LogP contribution in [0.5, 0.6) is 11.5 Å². The quantitative estimate of drug-likeness (QED) is 0.729. The van der Waals surface area contributed by atoms with Gasteiger partial charge < -0.3 is 19.7 Å². The molecule has 1 aliphatic rings. The Hall–Kier alpha value is -2.28. The number of hydrogen-bond acceptors (Lipinski definition) is 5. The Morgan fingerprint density at radius 3 is 2.93 bits per heavy atom.